The van der Waals surface area contributed by atoms with Gasteiger partial charge in [0.05, 0.1) is 21.2 Å². The number of anilines is 1. The first-order valence-corrected chi connectivity index (χ1v) is 6.66. The molecule has 0 radical (unpaired) electrons. The first kappa shape index (κ1) is 14.5. The molecule has 0 saturated heterocycles. The Hall–Kier alpha value is -1.92. The highest BCUT2D eigenvalue weighted by Crippen LogP contribution is 2.25. The lowest BCUT2D eigenvalue weighted by Gasteiger charge is -2.08. The Morgan fingerprint density at radius 2 is 1.95 bits per heavy atom. The van der Waals surface area contributed by atoms with Gasteiger partial charge in [-0.1, -0.05) is 23.7 Å². The standard InChI is InChI=1S/C13H8BrClN2O3/c14-10-6-5-8(17(19)20)7-9(10)13(18)16-12-4-2-1-3-11(12)15/h1-7H,(H,16,18). The topological polar surface area (TPSA) is 72.2 Å². The molecule has 2 aromatic carbocycles. The van der Waals surface area contributed by atoms with Crippen LogP contribution < -0.4 is 5.32 Å². The van der Waals surface area contributed by atoms with Crippen molar-refractivity contribution < 1.29 is 9.72 Å². The average molecular weight is 356 g/mol. The van der Waals surface area contributed by atoms with E-state index < -0.39 is 10.8 Å². The number of hydrogen-bond acceptors (Lipinski definition) is 3. The fourth-order valence-electron chi connectivity index (χ4n) is 1.55. The summed E-state index contributed by atoms with van der Waals surface area (Å²) in [6.45, 7) is 0. The highest BCUT2D eigenvalue weighted by Gasteiger charge is 2.16. The third-order valence-electron chi connectivity index (χ3n) is 2.53. The summed E-state index contributed by atoms with van der Waals surface area (Å²) in [4.78, 5) is 22.3. The van der Waals surface area contributed by atoms with Crippen LogP contribution in [0.25, 0.3) is 0 Å². The van der Waals surface area contributed by atoms with Crippen molar-refractivity contribution in [3.63, 3.8) is 0 Å². The highest BCUT2D eigenvalue weighted by molar-refractivity contribution is 9.10. The number of hydrogen-bond donors (Lipinski definition) is 1. The Morgan fingerprint density at radius 3 is 2.60 bits per heavy atom. The van der Waals surface area contributed by atoms with E-state index in [0.717, 1.165) is 0 Å². The van der Waals surface area contributed by atoms with Gasteiger partial charge in [-0.2, -0.15) is 0 Å². The molecule has 0 bridgehead atoms. The van der Waals surface area contributed by atoms with Crippen molar-refractivity contribution in [2.24, 2.45) is 0 Å². The minimum absolute atomic E-state index is 0.155. The van der Waals surface area contributed by atoms with Gasteiger partial charge in [0.2, 0.25) is 0 Å². The van der Waals surface area contributed by atoms with Crippen LogP contribution in [0.1, 0.15) is 10.4 Å². The van der Waals surface area contributed by atoms with E-state index in [4.69, 9.17) is 11.6 Å². The lowest BCUT2D eigenvalue weighted by atomic mass is 10.2. The molecule has 0 saturated carbocycles. The number of benzene rings is 2. The molecule has 0 atom stereocenters. The molecule has 0 aliphatic carbocycles. The number of carbonyl (C=O) groups is 1. The predicted octanol–water partition coefficient (Wildman–Crippen LogP) is 4.26. The molecule has 0 unspecified atom stereocenters. The Balaban J connectivity index is 2.32. The second kappa shape index (κ2) is 6.02. The van der Waals surface area contributed by atoms with Crippen molar-refractivity contribution in [3.05, 3.63) is 67.6 Å². The Morgan fingerprint density at radius 1 is 1.25 bits per heavy atom. The van der Waals surface area contributed by atoms with Crippen molar-refractivity contribution >= 4 is 44.8 Å². The predicted molar refractivity (Wildman–Crippen MR) is 80.2 cm³/mol. The van der Waals surface area contributed by atoms with Crippen molar-refractivity contribution in [2.45, 2.75) is 0 Å². The molecule has 0 aliphatic heterocycles. The van der Waals surface area contributed by atoms with Gasteiger partial charge in [0.25, 0.3) is 11.6 Å². The average Bonchev–Trinajstić information content (AvgIpc) is 2.41. The quantitative estimate of drug-likeness (QED) is 0.660. The fraction of sp³-hybridized carbons (Fsp3) is 0. The fourth-order valence-corrected chi connectivity index (χ4v) is 2.16. The summed E-state index contributed by atoms with van der Waals surface area (Å²) in [7, 11) is 0. The van der Waals surface area contributed by atoms with Gasteiger partial charge in [-0.25, -0.2) is 0 Å². The molecule has 5 nitrogen and oxygen atoms in total. The lowest BCUT2D eigenvalue weighted by molar-refractivity contribution is -0.384. The van der Waals surface area contributed by atoms with Gasteiger partial charge in [-0.05, 0) is 34.1 Å². The number of non-ortho nitro benzene ring substituents is 1. The van der Waals surface area contributed by atoms with E-state index in [0.29, 0.717) is 15.2 Å². The SMILES string of the molecule is O=C(Nc1ccccc1Cl)c1cc([N+](=O)[O-])ccc1Br. The summed E-state index contributed by atoms with van der Waals surface area (Å²) in [5.74, 6) is -0.478. The maximum atomic E-state index is 12.1. The van der Waals surface area contributed by atoms with E-state index in [1.54, 1.807) is 24.3 Å². The highest BCUT2D eigenvalue weighted by atomic mass is 79.9. The molecule has 0 aliphatic rings. The molecule has 1 amide bonds. The van der Waals surface area contributed by atoms with Crippen LogP contribution in [0.2, 0.25) is 5.02 Å². The van der Waals surface area contributed by atoms with Gasteiger partial charge in [0, 0.05) is 16.6 Å². The van der Waals surface area contributed by atoms with E-state index in [2.05, 4.69) is 21.2 Å². The lowest BCUT2D eigenvalue weighted by Crippen LogP contribution is -2.13. The third-order valence-corrected chi connectivity index (χ3v) is 3.55. The van der Waals surface area contributed by atoms with Crippen LogP contribution in [-0.2, 0) is 0 Å². The van der Waals surface area contributed by atoms with Crippen LogP contribution in [0, 0.1) is 10.1 Å². The number of carbonyl (C=O) groups excluding carboxylic acids is 1. The maximum absolute atomic E-state index is 12.1. The molecule has 102 valence electrons. The van der Waals surface area contributed by atoms with Crippen molar-refractivity contribution in [1.29, 1.82) is 0 Å². The van der Waals surface area contributed by atoms with Gasteiger partial charge >= 0.3 is 0 Å². The van der Waals surface area contributed by atoms with Crippen molar-refractivity contribution in [2.75, 3.05) is 5.32 Å². The molecule has 0 fully saturated rings. The molecular formula is C13H8BrClN2O3. The van der Waals surface area contributed by atoms with E-state index in [9.17, 15) is 14.9 Å². The van der Waals surface area contributed by atoms with Crippen LogP contribution in [0.4, 0.5) is 11.4 Å². The first-order valence-electron chi connectivity index (χ1n) is 5.49. The largest absolute Gasteiger partial charge is 0.321 e. The molecular weight excluding hydrogens is 348 g/mol. The molecule has 7 heteroatoms. The van der Waals surface area contributed by atoms with Crippen LogP contribution in [0.3, 0.4) is 0 Å². The number of para-hydroxylation sites is 1. The molecule has 2 rings (SSSR count). The van der Waals surface area contributed by atoms with Gasteiger partial charge in [0.15, 0.2) is 0 Å². The second-order valence-corrected chi connectivity index (χ2v) is 5.12. The summed E-state index contributed by atoms with van der Waals surface area (Å²) in [5.41, 5.74) is 0.453. The summed E-state index contributed by atoms with van der Waals surface area (Å²) >= 11 is 9.14. The van der Waals surface area contributed by atoms with Crippen molar-refractivity contribution in [1.82, 2.24) is 0 Å². The van der Waals surface area contributed by atoms with Gasteiger partial charge in [-0.15, -0.1) is 0 Å². The van der Waals surface area contributed by atoms with E-state index in [-0.39, 0.29) is 11.3 Å². The zero-order valence-corrected chi connectivity index (χ0v) is 12.3. The maximum Gasteiger partial charge on any atom is 0.270 e. The summed E-state index contributed by atoms with van der Waals surface area (Å²) in [6, 6.07) is 10.7. The molecule has 0 aromatic heterocycles. The Bertz CT molecular complexity index is 691. The molecule has 2 aromatic rings. The third kappa shape index (κ3) is 3.15. The molecule has 0 heterocycles. The van der Waals surface area contributed by atoms with Gasteiger partial charge < -0.3 is 5.32 Å². The molecule has 20 heavy (non-hydrogen) atoms. The number of rotatable bonds is 3. The summed E-state index contributed by atoms with van der Waals surface area (Å²) < 4.78 is 0.465. The minimum atomic E-state index is -0.557. The van der Waals surface area contributed by atoms with E-state index >= 15 is 0 Å². The first-order chi connectivity index (χ1) is 9.49. The van der Waals surface area contributed by atoms with Crippen LogP contribution in [0.5, 0.6) is 0 Å². The number of nitrogens with zero attached hydrogens (tertiary/aromatic N) is 1. The zero-order valence-electron chi connectivity index (χ0n) is 9.97. The Labute approximate surface area is 127 Å². The van der Waals surface area contributed by atoms with Crippen LogP contribution in [0.15, 0.2) is 46.9 Å². The molecule has 0 spiro atoms. The van der Waals surface area contributed by atoms with E-state index in [1.807, 2.05) is 0 Å². The number of nitrogens with one attached hydrogen (secondary N) is 1. The normalized spacial score (nSPS) is 10.1. The smallest absolute Gasteiger partial charge is 0.270 e. The van der Waals surface area contributed by atoms with Crippen LogP contribution >= 0.6 is 27.5 Å². The second-order valence-electron chi connectivity index (χ2n) is 3.86. The van der Waals surface area contributed by atoms with Crippen molar-refractivity contribution in [3.8, 4) is 0 Å². The minimum Gasteiger partial charge on any atom is -0.321 e. The number of nitro groups is 1. The number of halogens is 2. The summed E-state index contributed by atoms with van der Waals surface area (Å²) in [5, 5.41) is 13.7. The van der Waals surface area contributed by atoms with E-state index in [1.165, 1.54) is 18.2 Å². The monoisotopic (exact) mass is 354 g/mol. The zero-order chi connectivity index (χ0) is 14.7. The molecule has 1 N–H and O–H groups in total. The van der Waals surface area contributed by atoms with Crippen LogP contribution in [-0.4, -0.2) is 10.8 Å². The van der Waals surface area contributed by atoms with Gasteiger partial charge in [0.1, 0.15) is 0 Å². The summed E-state index contributed by atoms with van der Waals surface area (Å²) in [6.07, 6.45) is 0. The van der Waals surface area contributed by atoms with Gasteiger partial charge in [-0.3, -0.25) is 14.9 Å². The number of amides is 1. The Kier molecular flexibility index (Phi) is 4.36. The number of nitro benzene ring substituents is 1.